The Morgan fingerprint density at radius 2 is 2.05 bits per heavy atom. The monoisotopic (exact) mass is 452 g/mol. The van der Waals surface area contributed by atoms with E-state index >= 15 is 0 Å². The van der Waals surface area contributed by atoms with E-state index in [0.29, 0.717) is 22.7 Å². The predicted octanol–water partition coefficient (Wildman–Crippen LogP) is 4.44. The van der Waals surface area contributed by atoms with Gasteiger partial charge in [-0.1, -0.05) is 42.3 Å². The number of nitrogens with two attached hydrogens (primary N) is 1. The number of aliphatic imine (C=N–C) groups is 1. The van der Waals surface area contributed by atoms with Crippen LogP contribution >= 0.6 is 47.2 Å². The molecule has 1 aromatic carbocycles. The summed E-state index contributed by atoms with van der Waals surface area (Å²) >= 11 is 12.0. The molecule has 0 aliphatic heterocycles. The lowest BCUT2D eigenvalue weighted by Crippen LogP contribution is -2.22. The Kier molecular flexibility index (Phi) is 7.52. The number of aryl methyl sites for hydroxylation is 1. The zero-order valence-electron chi connectivity index (χ0n) is 12.4. The van der Waals surface area contributed by atoms with Crippen LogP contribution < -0.4 is 11.1 Å². The van der Waals surface area contributed by atoms with Gasteiger partial charge in [-0.15, -0.1) is 24.0 Å². The lowest BCUT2D eigenvalue weighted by atomic mass is 10.1. The molecule has 0 unspecified atom stereocenters. The molecule has 7 heteroatoms. The van der Waals surface area contributed by atoms with Gasteiger partial charge in [-0.2, -0.15) is 0 Å². The van der Waals surface area contributed by atoms with Gasteiger partial charge in [0.1, 0.15) is 5.15 Å². The van der Waals surface area contributed by atoms with E-state index in [1.54, 1.807) is 10.6 Å². The molecule has 120 valence electrons. The van der Waals surface area contributed by atoms with Gasteiger partial charge >= 0.3 is 0 Å². The van der Waals surface area contributed by atoms with Crippen LogP contribution in [0.25, 0.3) is 0 Å². The molecule has 0 atom stereocenters. The Morgan fingerprint density at radius 1 is 1.32 bits per heavy atom. The summed E-state index contributed by atoms with van der Waals surface area (Å²) in [5.41, 5.74) is 8.98. The van der Waals surface area contributed by atoms with Crippen LogP contribution in [0.3, 0.4) is 0 Å². The smallest absolute Gasteiger partial charge is 0.193 e. The van der Waals surface area contributed by atoms with E-state index in [2.05, 4.69) is 29.4 Å². The number of nitrogens with zero attached hydrogens (tertiary/aromatic N) is 2. The van der Waals surface area contributed by atoms with Gasteiger partial charge in [0.25, 0.3) is 0 Å². The minimum Gasteiger partial charge on any atom is -0.370 e. The summed E-state index contributed by atoms with van der Waals surface area (Å²) < 4.78 is 1.79. The van der Waals surface area contributed by atoms with Gasteiger partial charge in [-0.25, -0.2) is 4.99 Å². The summed E-state index contributed by atoms with van der Waals surface area (Å²) in [4.78, 5) is 4.31. The predicted molar refractivity (Wildman–Crippen MR) is 106 cm³/mol. The van der Waals surface area contributed by atoms with Gasteiger partial charge in [0.15, 0.2) is 5.96 Å². The van der Waals surface area contributed by atoms with Crippen molar-refractivity contribution in [3.05, 3.63) is 51.8 Å². The van der Waals surface area contributed by atoms with Crippen molar-refractivity contribution in [1.29, 1.82) is 0 Å². The quantitative estimate of drug-likeness (QED) is 0.409. The fourth-order valence-corrected chi connectivity index (χ4v) is 2.38. The molecule has 0 saturated carbocycles. The summed E-state index contributed by atoms with van der Waals surface area (Å²) in [6.45, 7) is 2.52. The molecule has 2 aromatic rings. The van der Waals surface area contributed by atoms with E-state index in [9.17, 15) is 0 Å². The molecule has 2 rings (SSSR count). The summed E-state index contributed by atoms with van der Waals surface area (Å²) in [5.74, 6) is 0.358. The van der Waals surface area contributed by atoms with Crippen LogP contribution in [-0.4, -0.2) is 10.5 Å². The van der Waals surface area contributed by atoms with E-state index in [1.807, 2.05) is 19.2 Å². The van der Waals surface area contributed by atoms with Crippen molar-refractivity contribution in [3.8, 4) is 0 Å². The largest absolute Gasteiger partial charge is 0.370 e. The van der Waals surface area contributed by atoms with Crippen molar-refractivity contribution >= 4 is 58.8 Å². The highest BCUT2D eigenvalue weighted by Crippen LogP contribution is 2.25. The third-order valence-electron chi connectivity index (χ3n) is 3.23. The molecule has 22 heavy (non-hydrogen) atoms. The average molecular weight is 453 g/mol. The zero-order chi connectivity index (χ0) is 15.4. The maximum atomic E-state index is 6.01. The van der Waals surface area contributed by atoms with Crippen LogP contribution in [-0.2, 0) is 20.0 Å². The highest BCUT2D eigenvalue weighted by atomic mass is 127. The number of nitrogens with one attached hydrogen (secondary N) is 1. The molecule has 0 aliphatic rings. The zero-order valence-corrected chi connectivity index (χ0v) is 16.3. The first-order valence-corrected chi connectivity index (χ1v) is 7.42. The topological polar surface area (TPSA) is 55.3 Å². The van der Waals surface area contributed by atoms with Gasteiger partial charge in [0, 0.05) is 18.4 Å². The number of rotatable bonds is 4. The molecule has 1 heterocycles. The van der Waals surface area contributed by atoms with Crippen molar-refractivity contribution < 1.29 is 0 Å². The molecule has 0 saturated heterocycles. The highest BCUT2D eigenvalue weighted by molar-refractivity contribution is 14.0. The highest BCUT2D eigenvalue weighted by Gasteiger charge is 2.08. The molecule has 0 bridgehead atoms. The van der Waals surface area contributed by atoms with Crippen LogP contribution in [0.1, 0.15) is 18.2 Å². The number of aromatic nitrogens is 1. The normalized spacial score (nSPS) is 11.2. The third-order valence-corrected chi connectivity index (χ3v) is 4.08. The first-order valence-electron chi connectivity index (χ1n) is 6.66. The Bertz CT molecular complexity index is 668. The van der Waals surface area contributed by atoms with Crippen molar-refractivity contribution in [2.75, 3.05) is 5.32 Å². The Balaban J connectivity index is 0.00000242. The molecule has 0 aliphatic carbocycles. The lowest BCUT2D eigenvalue weighted by molar-refractivity contribution is 0.825. The maximum Gasteiger partial charge on any atom is 0.193 e. The maximum absolute atomic E-state index is 6.01. The summed E-state index contributed by atoms with van der Waals surface area (Å²) in [6, 6.07) is 9.87. The second-order valence-electron chi connectivity index (χ2n) is 4.71. The molecule has 3 N–H and O–H groups in total. The van der Waals surface area contributed by atoms with Crippen LogP contribution in [0.2, 0.25) is 10.2 Å². The van der Waals surface area contributed by atoms with Crippen molar-refractivity contribution in [2.45, 2.75) is 19.9 Å². The molecule has 4 nitrogen and oxygen atoms in total. The fourth-order valence-electron chi connectivity index (χ4n) is 1.96. The van der Waals surface area contributed by atoms with Gasteiger partial charge in [-0.05, 0) is 30.2 Å². The molecule has 1 aromatic heterocycles. The van der Waals surface area contributed by atoms with Crippen LogP contribution in [0.15, 0.2) is 35.3 Å². The van der Waals surface area contributed by atoms with E-state index in [-0.39, 0.29) is 24.0 Å². The average Bonchev–Trinajstić information content (AvgIpc) is 2.72. The Labute approximate surface area is 157 Å². The van der Waals surface area contributed by atoms with E-state index in [0.717, 1.165) is 17.8 Å². The van der Waals surface area contributed by atoms with E-state index in [4.69, 9.17) is 28.9 Å². The minimum atomic E-state index is 0. The molecule has 0 spiro atoms. The first kappa shape index (κ1) is 19.1. The van der Waals surface area contributed by atoms with E-state index in [1.165, 1.54) is 5.56 Å². The molecule has 0 fully saturated rings. The van der Waals surface area contributed by atoms with Gasteiger partial charge in [-0.3, -0.25) is 0 Å². The van der Waals surface area contributed by atoms with Crippen molar-refractivity contribution in [2.24, 2.45) is 17.8 Å². The minimum absolute atomic E-state index is 0. The first-order chi connectivity index (χ1) is 10.0. The van der Waals surface area contributed by atoms with Crippen LogP contribution in [0.5, 0.6) is 0 Å². The van der Waals surface area contributed by atoms with E-state index < -0.39 is 0 Å². The van der Waals surface area contributed by atoms with Crippen molar-refractivity contribution in [1.82, 2.24) is 4.57 Å². The SMILES string of the molecule is CCc1cccc(NC(N)=NCc2cc(Cl)c(Cl)n2C)c1.I. The number of hydrogen-bond donors (Lipinski definition) is 2. The van der Waals surface area contributed by atoms with Crippen molar-refractivity contribution in [3.63, 3.8) is 0 Å². The van der Waals surface area contributed by atoms with Crippen LogP contribution in [0, 0.1) is 0 Å². The number of halogens is 3. The molecular weight excluding hydrogens is 434 g/mol. The second kappa shape index (κ2) is 8.64. The third kappa shape index (κ3) is 4.79. The standard InChI is InChI=1S/C15H18Cl2N4.HI/c1-3-10-5-4-6-11(7-10)20-15(18)19-9-12-8-13(16)14(17)21(12)2;/h4-8H,3,9H2,1-2H3,(H3,18,19,20);1H. The summed E-state index contributed by atoms with van der Waals surface area (Å²) in [5, 5.41) is 4.10. The molecule has 0 amide bonds. The number of benzene rings is 1. The number of guanidine groups is 1. The molecular formula is C15H19Cl2IN4. The second-order valence-corrected chi connectivity index (χ2v) is 5.48. The fraction of sp³-hybridized carbons (Fsp3) is 0.267. The number of hydrogen-bond acceptors (Lipinski definition) is 1. The lowest BCUT2D eigenvalue weighted by Gasteiger charge is -2.07. The summed E-state index contributed by atoms with van der Waals surface area (Å²) in [7, 11) is 1.84. The number of anilines is 1. The molecule has 0 radical (unpaired) electrons. The van der Waals surface area contributed by atoms with Gasteiger partial charge < -0.3 is 15.6 Å². The Hall–Kier alpha value is -0.920. The summed E-state index contributed by atoms with van der Waals surface area (Å²) in [6.07, 6.45) is 0.979. The van der Waals surface area contributed by atoms with Gasteiger partial charge in [0.2, 0.25) is 0 Å². The van der Waals surface area contributed by atoms with Gasteiger partial charge in [0.05, 0.1) is 11.6 Å². The Morgan fingerprint density at radius 3 is 2.64 bits per heavy atom. The van der Waals surface area contributed by atoms with Crippen LogP contribution in [0.4, 0.5) is 5.69 Å².